The van der Waals surface area contributed by atoms with Crippen LogP contribution in [-0.2, 0) is 4.57 Å². The second-order valence-electron chi connectivity index (χ2n) is 4.54. The van der Waals surface area contributed by atoms with Gasteiger partial charge in [0.2, 0.25) is 0 Å². The highest BCUT2D eigenvalue weighted by Gasteiger charge is 2.18. The summed E-state index contributed by atoms with van der Waals surface area (Å²) in [5, 5.41) is 10.6. The molecule has 3 aromatic rings. The molecule has 3 N–H and O–H groups in total. The number of thiophene rings is 1. The molecule has 4 nitrogen and oxygen atoms in total. The third-order valence-electron chi connectivity index (χ3n) is 3.07. The smallest absolute Gasteiger partial charge is 0.356 e. The summed E-state index contributed by atoms with van der Waals surface area (Å²) in [6, 6.07) is 11.5. The van der Waals surface area contributed by atoms with Crippen molar-refractivity contribution in [1.29, 1.82) is 0 Å². The second-order valence-corrected chi connectivity index (χ2v) is 7.64. The first-order valence-electron chi connectivity index (χ1n) is 5.93. The number of phenolic OH excluding ortho intramolecular Hbond substituents is 1. The van der Waals surface area contributed by atoms with Gasteiger partial charge in [-0.1, -0.05) is 17.7 Å². The summed E-state index contributed by atoms with van der Waals surface area (Å²) >= 11 is 7.31. The Hall–Kier alpha value is -1.36. The van der Waals surface area contributed by atoms with Crippen LogP contribution >= 0.6 is 30.5 Å². The van der Waals surface area contributed by atoms with Crippen LogP contribution in [0.5, 0.6) is 5.75 Å². The summed E-state index contributed by atoms with van der Waals surface area (Å²) in [5.74, 6) is 0.0188. The zero-order valence-corrected chi connectivity index (χ0v) is 13.0. The van der Waals surface area contributed by atoms with E-state index in [0.717, 1.165) is 20.5 Å². The van der Waals surface area contributed by atoms with Gasteiger partial charge in [-0.05, 0) is 47.3 Å². The van der Waals surface area contributed by atoms with Crippen molar-refractivity contribution in [3.8, 4) is 16.2 Å². The first kappa shape index (κ1) is 14.6. The normalized spacial score (nSPS) is 12.0. The molecule has 7 heteroatoms. The van der Waals surface area contributed by atoms with Gasteiger partial charge in [0.15, 0.2) is 0 Å². The number of hydrogen-bond donors (Lipinski definition) is 3. The van der Waals surface area contributed by atoms with Gasteiger partial charge in [-0.15, -0.1) is 11.3 Å². The lowest BCUT2D eigenvalue weighted by Gasteiger charge is -2.02. The second kappa shape index (κ2) is 5.13. The lowest BCUT2D eigenvalue weighted by Crippen LogP contribution is -2.01. The molecule has 0 aliphatic rings. The maximum absolute atomic E-state index is 11.3. The number of aromatic hydroxyl groups is 1. The van der Waals surface area contributed by atoms with E-state index < -0.39 is 7.60 Å². The van der Waals surface area contributed by atoms with Crippen molar-refractivity contribution >= 4 is 45.9 Å². The molecule has 0 unspecified atom stereocenters. The summed E-state index contributed by atoms with van der Waals surface area (Å²) in [4.78, 5) is 19.3. The predicted molar refractivity (Wildman–Crippen MR) is 85.6 cm³/mol. The van der Waals surface area contributed by atoms with Gasteiger partial charge < -0.3 is 14.9 Å². The Morgan fingerprint density at radius 1 is 1.05 bits per heavy atom. The summed E-state index contributed by atoms with van der Waals surface area (Å²) in [5.41, 5.74) is 0.844. The van der Waals surface area contributed by atoms with Crippen LogP contribution in [0.1, 0.15) is 0 Å². The monoisotopic (exact) mass is 340 g/mol. The molecule has 1 heterocycles. The average Bonchev–Trinajstić information content (AvgIpc) is 2.83. The van der Waals surface area contributed by atoms with Crippen molar-refractivity contribution < 1.29 is 19.5 Å². The van der Waals surface area contributed by atoms with E-state index in [2.05, 4.69) is 0 Å². The van der Waals surface area contributed by atoms with E-state index >= 15 is 0 Å². The molecule has 3 rings (SSSR count). The van der Waals surface area contributed by atoms with Crippen molar-refractivity contribution in [2.24, 2.45) is 0 Å². The molecule has 21 heavy (non-hydrogen) atoms. The minimum absolute atomic E-state index is 0.00661. The van der Waals surface area contributed by atoms with Crippen LogP contribution in [0.25, 0.3) is 20.5 Å². The van der Waals surface area contributed by atoms with Crippen molar-refractivity contribution in [3.05, 3.63) is 47.5 Å². The van der Waals surface area contributed by atoms with Gasteiger partial charge in [-0.2, -0.15) is 0 Å². The van der Waals surface area contributed by atoms with Crippen LogP contribution in [0.15, 0.2) is 42.5 Å². The number of benzene rings is 2. The summed E-state index contributed by atoms with van der Waals surface area (Å²) in [6.45, 7) is 0. The Morgan fingerprint density at radius 3 is 2.48 bits per heavy atom. The third kappa shape index (κ3) is 2.84. The van der Waals surface area contributed by atoms with E-state index in [9.17, 15) is 19.5 Å². The fourth-order valence-corrected chi connectivity index (χ4v) is 3.94. The molecule has 108 valence electrons. The first-order chi connectivity index (χ1) is 9.84. The van der Waals surface area contributed by atoms with Gasteiger partial charge in [0.1, 0.15) is 5.75 Å². The number of phenols is 1. The predicted octanol–water partition coefficient (Wildman–Crippen LogP) is 3.73. The Labute approximate surface area is 129 Å². The molecule has 0 aliphatic heterocycles. The molecular formula is C14H10ClO4PS. The largest absolute Gasteiger partial charge is 0.506 e. The van der Waals surface area contributed by atoms with Gasteiger partial charge >= 0.3 is 7.60 Å². The quantitative estimate of drug-likeness (QED) is 0.621. The molecule has 0 spiro atoms. The van der Waals surface area contributed by atoms with Crippen molar-refractivity contribution in [2.75, 3.05) is 0 Å². The highest BCUT2D eigenvalue weighted by atomic mass is 35.5. The molecule has 0 saturated heterocycles. The number of hydrogen-bond acceptors (Lipinski definition) is 3. The van der Waals surface area contributed by atoms with E-state index in [4.69, 9.17) is 11.6 Å². The highest BCUT2D eigenvalue weighted by molar-refractivity contribution is 7.60. The fraction of sp³-hybridized carbons (Fsp3) is 0. The van der Waals surface area contributed by atoms with Crippen molar-refractivity contribution in [1.82, 2.24) is 0 Å². The van der Waals surface area contributed by atoms with Gasteiger partial charge in [-0.25, -0.2) is 0 Å². The summed E-state index contributed by atoms with van der Waals surface area (Å²) in [6.07, 6.45) is 0. The molecule has 0 aliphatic carbocycles. The molecule has 0 saturated carbocycles. The standard InChI is InChI=1S/C14H10ClO4PS/c15-11-5-8(2-4-12(11)16)13-6-9-1-3-10(20(17,18)19)7-14(9)21-13/h1-7,16H,(H2,17,18,19). The van der Waals surface area contributed by atoms with Gasteiger partial charge in [0.25, 0.3) is 0 Å². The lowest BCUT2D eigenvalue weighted by molar-refractivity contribution is 0.387. The molecule has 0 amide bonds. The Bertz CT molecular complexity index is 884. The van der Waals surface area contributed by atoms with E-state index in [-0.39, 0.29) is 16.1 Å². The van der Waals surface area contributed by atoms with Crippen molar-refractivity contribution in [3.63, 3.8) is 0 Å². The van der Waals surface area contributed by atoms with E-state index in [1.165, 1.54) is 29.5 Å². The van der Waals surface area contributed by atoms with Gasteiger partial charge in [0.05, 0.1) is 10.3 Å². The van der Waals surface area contributed by atoms with Crippen molar-refractivity contribution in [2.45, 2.75) is 0 Å². The molecule has 2 aromatic carbocycles. The first-order valence-corrected chi connectivity index (χ1v) is 8.74. The van der Waals surface area contributed by atoms with E-state index in [0.29, 0.717) is 0 Å². The topological polar surface area (TPSA) is 77.8 Å². The average molecular weight is 341 g/mol. The molecule has 1 aromatic heterocycles. The molecule has 0 bridgehead atoms. The fourth-order valence-electron chi connectivity index (χ4n) is 2.00. The molecule has 0 fully saturated rings. The zero-order chi connectivity index (χ0) is 15.2. The summed E-state index contributed by atoms with van der Waals surface area (Å²) < 4.78 is 12.1. The van der Waals surface area contributed by atoms with Crippen LogP contribution in [0.2, 0.25) is 5.02 Å². The Balaban J connectivity index is 2.12. The van der Waals surface area contributed by atoms with Crippen LogP contribution < -0.4 is 5.30 Å². The third-order valence-corrected chi connectivity index (χ3v) is 5.47. The minimum Gasteiger partial charge on any atom is -0.506 e. The SMILES string of the molecule is O=P(O)(O)c1ccc2cc(-c3ccc(O)c(Cl)c3)sc2c1. The van der Waals surface area contributed by atoms with Gasteiger partial charge in [0, 0.05) is 9.58 Å². The number of fused-ring (bicyclic) bond motifs is 1. The van der Waals surface area contributed by atoms with Crippen LogP contribution in [0.3, 0.4) is 0 Å². The van der Waals surface area contributed by atoms with Crippen LogP contribution in [0, 0.1) is 0 Å². The van der Waals surface area contributed by atoms with Crippen LogP contribution in [0.4, 0.5) is 0 Å². The van der Waals surface area contributed by atoms with Gasteiger partial charge in [-0.3, -0.25) is 4.57 Å². The van der Waals surface area contributed by atoms with Crippen LogP contribution in [-0.4, -0.2) is 14.9 Å². The maximum Gasteiger partial charge on any atom is 0.356 e. The summed E-state index contributed by atoms with van der Waals surface area (Å²) in [7, 11) is -4.25. The maximum atomic E-state index is 11.3. The lowest BCUT2D eigenvalue weighted by atomic mass is 10.1. The Kier molecular flexibility index (Phi) is 3.56. The molecular weight excluding hydrogens is 331 g/mol. The number of halogens is 1. The molecule has 0 atom stereocenters. The highest BCUT2D eigenvalue weighted by Crippen LogP contribution is 2.39. The van der Waals surface area contributed by atoms with E-state index in [1.807, 2.05) is 6.07 Å². The molecule has 0 radical (unpaired) electrons. The van der Waals surface area contributed by atoms with E-state index in [1.54, 1.807) is 18.2 Å². The zero-order valence-electron chi connectivity index (χ0n) is 10.5. The minimum atomic E-state index is -4.25. The number of rotatable bonds is 2. The Morgan fingerprint density at radius 2 is 1.81 bits per heavy atom.